The minimum Gasteiger partial charge on any atom is -0.493 e. The van der Waals surface area contributed by atoms with Gasteiger partial charge < -0.3 is 19.5 Å². The van der Waals surface area contributed by atoms with E-state index in [1.54, 1.807) is 7.11 Å². The molecule has 1 aromatic carbocycles. The molecule has 1 heterocycles. The van der Waals surface area contributed by atoms with Gasteiger partial charge in [-0.05, 0) is 55.7 Å². The molecule has 1 aliphatic heterocycles. The Hall–Kier alpha value is -1.79. The number of nitrogens with zero attached hydrogens (tertiary/aromatic N) is 1. The summed E-state index contributed by atoms with van der Waals surface area (Å²) < 4.78 is 16.8. The molecule has 1 saturated heterocycles. The maximum atomic E-state index is 12.3. The normalized spacial score (nSPS) is 22.8. The van der Waals surface area contributed by atoms with Crippen LogP contribution >= 0.6 is 0 Å². The van der Waals surface area contributed by atoms with E-state index >= 15 is 0 Å². The molecule has 1 aliphatic carbocycles. The Kier molecular flexibility index (Phi) is 8.62. The van der Waals surface area contributed by atoms with Crippen molar-refractivity contribution in [2.24, 2.45) is 5.92 Å². The number of nitrogens with one attached hydrogen (secondary N) is 1. The molecule has 0 unspecified atom stereocenters. The van der Waals surface area contributed by atoms with Gasteiger partial charge in [-0.1, -0.05) is 13.0 Å². The Bertz CT molecular complexity index is 638. The molecule has 1 N–H and O–H groups in total. The van der Waals surface area contributed by atoms with Crippen molar-refractivity contribution in [3.63, 3.8) is 0 Å². The van der Waals surface area contributed by atoms with Gasteiger partial charge in [-0.3, -0.25) is 9.69 Å². The van der Waals surface area contributed by atoms with E-state index in [2.05, 4.69) is 17.1 Å². The zero-order valence-electron chi connectivity index (χ0n) is 18.0. The predicted molar refractivity (Wildman–Crippen MR) is 114 cm³/mol. The van der Waals surface area contributed by atoms with Crippen molar-refractivity contribution in [1.29, 1.82) is 0 Å². The fourth-order valence-electron chi connectivity index (χ4n) is 4.06. The van der Waals surface area contributed by atoms with E-state index in [0.29, 0.717) is 25.5 Å². The summed E-state index contributed by atoms with van der Waals surface area (Å²) >= 11 is 0. The SMILES string of the molecule is COc1cc(CCC(=O)N[C@H]2CC[C@H](C)CC2)ccc1OCCN1CCOCC1. The average Bonchev–Trinajstić information content (AvgIpc) is 2.75. The molecule has 0 spiro atoms. The third kappa shape index (κ3) is 7.19. The number of methoxy groups -OCH3 is 1. The van der Waals surface area contributed by atoms with Crippen LogP contribution < -0.4 is 14.8 Å². The maximum Gasteiger partial charge on any atom is 0.220 e. The van der Waals surface area contributed by atoms with Crippen molar-refractivity contribution < 1.29 is 19.0 Å². The molecular formula is C23H36N2O4. The monoisotopic (exact) mass is 404 g/mol. The van der Waals surface area contributed by atoms with Crippen molar-refractivity contribution in [2.45, 2.75) is 51.5 Å². The number of morpholine rings is 1. The molecule has 162 valence electrons. The highest BCUT2D eigenvalue weighted by Gasteiger charge is 2.19. The summed E-state index contributed by atoms with van der Waals surface area (Å²) in [5.74, 6) is 2.43. The first-order valence-electron chi connectivity index (χ1n) is 11.0. The Morgan fingerprint density at radius 3 is 2.66 bits per heavy atom. The first kappa shape index (κ1) is 21.9. The fourth-order valence-corrected chi connectivity index (χ4v) is 4.06. The lowest BCUT2D eigenvalue weighted by atomic mass is 9.87. The van der Waals surface area contributed by atoms with Gasteiger partial charge in [0, 0.05) is 32.1 Å². The Balaban J connectivity index is 1.42. The molecule has 6 nitrogen and oxygen atoms in total. The van der Waals surface area contributed by atoms with E-state index in [4.69, 9.17) is 14.2 Å². The van der Waals surface area contributed by atoms with Crippen molar-refractivity contribution >= 4 is 5.91 Å². The van der Waals surface area contributed by atoms with Crippen LogP contribution in [0.3, 0.4) is 0 Å². The van der Waals surface area contributed by atoms with E-state index in [1.807, 2.05) is 18.2 Å². The molecular weight excluding hydrogens is 368 g/mol. The van der Waals surface area contributed by atoms with Gasteiger partial charge in [0.25, 0.3) is 0 Å². The minimum absolute atomic E-state index is 0.148. The second kappa shape index (κ2) is 11.4. The lowest BCUT2D eigenvalue weighted by Gasteiger charge is -2.27. The molecule has 0 bridgehead atoms. The summed E-state index contributed by atoms with van der Waals surface area (Å²) in [5, 5.41) is 3.20. The summed E-state index contributed by atoms with van der Waals surface area (Å²) in [6.07, 6.45) is 5.87. The molecule has 1 amide bonds. The first-order valence-corrected chi connectivity index (χ1v) is 11.0. The molecule has 3 rings (SSSR count). The lowest BCUT2D eigenvalue weighted by molar-refractivity contribution is -0.122. The number of carbonyl (C=O) groups is 1. The number of rotatable bonds is 9. The predicted octanol–water partition coefficient (Wildman–Crippen LogP) is 3.03. The van der Waals surface area contributed by atoms with E-state index in [-0.39, 0.29) is 5.91 Å². The molecule has 0 aromatic heterocycles. The summed E-state index contributed by atoms with van der Waals surface area (Å²) in [5.41, 5.74) is 1.09. The van der Waals surface area contributed by atoms with Gasteiger partial charge in [-0.15, -0.1) is 0 Å². The molecule has 0 radical (unpaired) electrons. The zero-order valence-corrected chi connectivity index (χ0v) is 18.0. The molecule has 1 aromatic rings. The van der Waals surface area contributed by atoms with Gasteiger partial charge in [0.2, 0.25) is 5.91 Å². The number of carbonyl (C=O) groups excluding carboxylic acids is 1. The number of hydrogen-bond acceptors (Lipinski definition) is 5. The Labute approximate surface area is 174 Å². The van der Waals surface area contributed by atoms with Crippen molar-refractivity contribution in [3.8, 4) is 11.5 Å². The quantitative estimate of drug-likeness (QED) is 0.686. The van der Waals surface area contributed by atoms with E-state index in [0.717, 1.165) is 68.7 Å². The minimum atomic E-state index is 0.148. The molecule has 0 atom stereocenters. The number of benzene rings is 1. The smallest absolute Gasteiger partial charge is 0.220 e. The standard InChI is InChI=1S/C23H36N2O4/c1-18-3-7-20(8-4-18)24-23(26)10-6-19-5-9-21(22(17-19)27-2)29-16-13-25-11-14-28-15-12-25/h5,9,17-18,20H,3-4,6-8,10-16H2,1-2H3,(H,24,26)/t18-,20-. The van der Waals surface area contributed by atoms with Crippen LogP contribution in [-0.2, 0) is 16.0 Å². The zero-order chi connectivity index (χ0) is 20.5. The van der Waals surface area contributed by atoms with Crippen LogP contribution in [0.4, 0.5) is 0 Å². The van der Waals surface area contributed by atoms with E-state index in [1.165, 1.54) is 12.8 Å². The van der Waals surface area contributed by atoms with Gasteiger partial charge in [0.05, 0.1) is 20.3 Å². The number of ether oxygens (including phenoxy) is 3. The van der Waals surface area contributed by atoms with Gasteiger partial charge >= 0.3 is 0 Å². The van der Waals surface area contributed by atoms with Crippen molar-refractivity contribution in [1.82, 2.24) is 10.2 Å². The molecule has 1 saturated carbocycles. The number of amides is 1. The molecule has 2 aliphatic rings. The summed E-state index contributed by atoms with van der Waals surface area (Å²) in [6, 6.07) is 6.32. The van der Waals surface area contributed by atoms with Crippen LogP contribution in [0.5, 0.6) is 11.5 Å². The highest BCUT2D eigenvalue weighted by atomic mass is 16.5. The largest absolute Gasteiger partial charge is 0.493 e. The second-order valence-electron chi connectivity index (χ2n) is 8.31. The molecule has 2 fully saturated rings. The highest BCUT2D eigenvalue weighted by Crippen LogP contribution is 2.29. The maximum absolute atomic E-state index is 12.3. The average molecular weight is 405 g/mol. The van der Waals surface area contributed by atoms with Crippen molar-refractivity contribution in [2.75, 3.05) is 46.6 Å². The third-order valence-corrected chi connectivity index (χ3v) is 6.02. The van der Waals surface area contributed by atoms with Crippen LogP contribution in [0.15, 0.2) is 18.2 Å². The second-order valence-corrected chi connectivity index (χ2v) is 8.31. The molecule has 6 heteroatoms. The van der Waals surface area contributed by atoms with Crippen LogP contribution in [0, 0.1) is 5.92 Å². The van der Waals surface area contributed by atoms with Crippen LogP contribution in [-0.4, -0.2) is 63.4 Å². The van der Waals surface area contributed by atoms with Gasteiger partial charge in [-0.25, -0.2) is 0 Å². The summed E-state index contributed by atoms with van der Waals surface area (Å²) in [4.78, 5) is 14.6. The highest BCUT2D eigenvalue weighted by molar-refractivity contribution is 5.76. The lowest BCUT2D eigenvalue weighted by Crippen LogP contribution is -2.38. The van der Waals surface area contributed by atoms with Gasteiger partial charge in [0.15, 0.2) is 11.5 Å². The first-order chi connectivity index (χ1) is 14.1. The van der Waals surface area contributed by atoms with Gasteiger partial charge in [-0.2, -0.15) is 0 Å². The summed E-state index contributed by atoms with van der Waals surface area (Å²) in [7, 11) is 1.66. The topological polar surface area (TPSA) is 60.0 Å². The van der Waals surface area contributed by atoms with Crippen LogP contribution in [0.1, 0.15) is 44.6 Å². The fraction of sp³-hybridized carbons (Fsp3) is 0.696. The van der Waals surface area contributed by atoms with Gasteiger partial charge in [0.1, 0.15) is 6.61 Å². The molecule has 29 heavy (non-hydrogen) atoms. The van der Waals surface area contributed by atoms with E-state index in [9.17, 15) is 4.79 Å². The van der Waals surface area contributed by atoms with E-state index < -0.39 is 0 Å². The number of hydrogen-bond donors (Lipinski definition) is 1. The van der Waals surface area contributed by atoms with Crippen molar-refractivity contribution in [3.05, 3.63) is 23.8 Å². The van der Waals surface area contributed by atoms with Crippen LogP contribution in [0.2, 0.25) is 0 Å². The third-order valence-electron chi connectivity index (χ3n) is 6.02. The number of aryl methyl sites for hydroxylation is 1. The Morgan fingerprint density at radius 2 is 1.93 bits per heavy atom. The van der Waals surface area contributed by atoms with Crippen LogP contribution in [0.25, 0.3) is 0 Å². The Morgan fingerprint density at radius 1 is 1.17 bits per heavy atom. The summed E-state index contributed by atoms with van der Waals surface area (Å²) in [6.45, 7) is 7.31.